The number of ether oxygens (including phenoxy) is 1. The molecular formula is C18H15F3N2O3. The molecule has 8 heteroatoms. The van der Waals surface area contributed by atoms with Gasteiger partial charge in [0.1, 0.15) is 5.75 Å². The Morgan fingerprint density at radius 3 is 2.58 bits per heavy atom. The van der Waals surface area contributed by atoms with Crippen LogP contribution in [0.3, 0.4) is 0 Å². The van der Waals surface area contributed by atoms with Crippen molar-refractivity contribution in [1.82, 2.24) is 5.32 Å². The second kappa shape index (κ2) is 6.70. The van der Waals surface area contributed by atoms with Gasteiger partial charge in [0.15, 0.2) is 6.10 Å². The summed E-state index contributed by atoms with van der Waals surface area (Å²) in [6, 6.07) is 10.8. The van der Waals surface area contributed by atoms with E-state index >= 15 is 0 Å². The van der Waals surface area contributed by atoms with Gasteiger partial charge in [-0.3, -0.25) is 9.59 Å². The zero-order chi connectivity index (χ0) is 18.9. The van der Waals surface area contributed by atoms with Crippen LogP contribution in [0, 0.1) is 0 Å². The maximum atomic E-state index is 12.9. The molecular weight excluding hydrogens is 349 g/mol. The van der Waals surface area contributed by atoms with Gasteiger partial charge in [0.05, 0.1) is 17.8 Å². The number of para-hydroxylation sites is 2. The number of alkyl halides is 3. The standard InChI is InChI=1S/C18H15F3N2O3/c1-22-16(24)15-10-23(13-7-2-3-8-14(13)26-15)17(25)11-5-4-6-12(9-11)18(19,20)21/h2-9,15H,10H2,1H3,(H,22,24)/t15-/m1/s1. The maximum Gasteiger partial charge on any atom is 0.416 e. The van der Waals surface area contributed by atoms with Crippen molar-refractivity contribution < 1.29 is 27.5 Å². The van der Waals surface area contributed by atoms with Gasteiger partial charge in [0.2, 0.25) is 0 Å². The molecule has 0 saturated carbocycles. The van der Waals surface area contributed by atoms with Crippen LogP contribution in [0.2, 0.25) is 0 Å². The molecule has 0 aromatic heterocycles. The van der Waals surface area contributed by atoms with E-state index in [0.717, 1.165) is 12.1 Å². The van der Waals surface area contributed by atoms with E-state index in [-0.39, 0.29) is 12.1 Å². The molecule has 0 fully saturated rings. The molecule has 1 atom stereocenters. The SMILES string of the molecule is CNC(=O)[C@H]1CN(C(=O)c2cccc(C(F)(F)F)c2)c2ccccc2O1. The van der Waals surface area contributed by atoms with Crippen molar-refractivity contribution >= 4 is 17.5 Å². The molecule has 0 unspecified atom stereocenters. The highest BCUT2D eigenvalue weighted by atomic mass is 19.4. The van der Waals surface area contributed by atoms with Gasteiger partial charge in [0.25, 0.3) is 11.8 Å². The number of rotatable bonds is 2. The fourth-order valence-corrected chi connectivity index (χ4v) is 2.71. The van der Waals surface area contributed by atoms with Crippen molar-refractivity contribution in [3.05, 3.63) is 59.7 Å². The lowest BCUT2D eigenvalue weighted by Gasteiger charge is -2.34. The summed E-state index contributed by atoms with van der Waals surface area (Å²) >= 11 is 0. The normalized spacial score (nSPS) is 16.5. The highest BCUT2D eigenvalue weighted by Crippen LogP contribution is 2.35. The number of hydrogen-bond acceptors (Lipinski definition) is 3. The zero-order valence-electron chi connectivity index (χ0n) is 13.7. The predicted octanol–water partition coefficient (Wildman–Crippen LogP) is 2.86. The number of nitrogens with one attached hydrogen (secondary N) is 1. The maximum absolute atomic E-state index is 12.9. The van der Waals surface area contributed by atoms with Crippen LogP contribution in [0.4, 0.5) is 18.9 Å². The van der Waals surface area contributed by atoms with E-state index in [9.17, 15) is 22.8 Å². The molecule has 0 radical (unpaired) electrons. The van der Waals surface area contributed by atoms with E-state index in [1.165, 1.54) is 24.1 Å². The third-order valence-corrected chi connectivity index (χ3v) is 3.99. The molecule has 2 amide bonds. The van der Waals surface area contributed by atoms with Crippen LogP contribution >= 0.6 is 0 Å². The zero-order valence-corrected chi connectivity index (χ0v) is 13.7. The van der Waals surface area contributed by atoms with Gasteiger partial charge in [-0.15, -0.1) is 0 Å². The predicted molar refractivity (Wildman–Crippen MR) is 88.0 cm³/mol. The first kappa shape index (κ1) is 17.8. The summed E-state index contributed by atoms with van der Waals surface area (Å²) in [4.78, 5) is 26.1. The lowest BCUT2D eigenvalue weighted by atomic mass is 10.1. The average molecular weight is 364 g/mol. The second-order valence-corrected chi connectivity index (χ2v) is 5.68. The van der Waals surface area contributed by atoms with Crippen LogP contribution in [0.15, 0.2) is 48.5 Å². The Hall–Kier alpha value is -3.03. The Labute approximate surface area is 147 Å². The van der Waals surface area contributed by atoms with Crippen molar-refractivity contribution in [2.24, 2.45) is 0 Å². The van der Waals surface area contributed by atoms with Gasteiger partial charge in [-0.05, 0) is 30.3 Å². The molecule has 0 bridgehead atoms. The molecule has 5 nitrogen and oxygen atoms in total. The molecule has 0 aliphatic carbocycles. The Morgan fingerprint density at radius 1 is 1.15 bits per heavy atom. The number of nitrogens with zero attached hydrogens (tertiary/aromatic N) is 1. The number of anilines is 1. The van der Waals surface area contributed by atoms with Gasteiger partial charge < -0.3 is 15.0 Å². The van der Waals surface area contributed by atoms with Crippen LogP contribution < -0.4 is 15.0 Å². The van der Waals surface area contributed by atoms with Gasteiger partial charge in [-0.25, -0.2) is 0 Å². The number of amides is 2. The fourth-order valence-electron chi connectivity index (χ4n) is 2.71. The summed E-state index contributed by atoms with van der Waals surface area (Å²) in [7, 11) is 1.44. The van der Waals surface area contributed by atoms with Gasteiger partial charge in [-0.1, -0.05) is 18.2 Å². The number of fused-ring (bicyclic) bond motifs is 1. The molecule has 26 heavy (non-hydrogen) atoms. The first-order valence-corrected chi connectivity index (χ1v) is 7.77. The van der Waals surface area contributed by atoms with E-state index in [1.54, 1.807) is 24.3 Å². The van der Waals surface area contributed by atoms with E-state index in [4.69, 9.17) is 4.74 Å². The fraction of sp³-hybridized carbons (Fsp3) is 0.222. The number of carbonyl (C=O) groups is 2. The highest BCUT2D eigenvalue weighted by molar-refractivity contribution is 6.08. The van der Waals surface area contributed by atoms with Crippen LogP contribution in [0.5, 0.6) is 5.75 Å². The molecule has 1 heterocycles. The summed E-state index contributed by atoms with van der Waals surface area (Å²) in [5.74, 6) is -0.755. The minimum Gasteiger partial charge on any atom is -0.477 e. The summed E-state index contributed by atoms with van der Waals surface area (Å²) in [6.45, 7) is -0.105. The van der Waals surface area contributed by atoms with Crippen LogP contribution in [-0.2, 0) is 11.0 Å². The smallest absolute Gasteiger partial charge is 0.416 e. The quantitative estimate of drug-likeness (QED) is 0.892. The molecule has 2 aromatic rings. The Balaban J connectivity index is 1.99. The molecule has 0 spiro atoms. The molecule has 2 aromatic carbocycles. The first-order chi connectivity index (χ1) is 12.3. The lowest BCUT2D eigenvalue weighted by molar-refractivity contribution is -0.137. The van der Waals surface area contributed by atoms with Crippen molar-refractivity contribution in [2.75, 3.05) is 18.5 Å². The largest absolute Gasteiger partial charge is 0.477 e. The minimum absolute atomic E-state index is 0.105. The summed E-state index contributed by atoms with van der Waals surface area (Å²) < 4.78 is 44.4. The molecule has 1 aliphatic rings. The third-order valence-electron chi connectivity index (χ3n) is 3.99. The molecule has 3 rings (SSSR count). The van der Waals surface area contributed by atoms with E-state index in [0.29, 0.717) is 11.4 Å². The van der Waals surface area contributed by atoms with E-state index < -0.39 is 29.7 Å². The number of benzene rings is 2. The Morgan fingerprint density at radius 2 is 1.88 bits per heavy atom. The van der Waals surface area contributed by atoms with Gasteiger partial charge in [0, 0.05) is 12.6 Å². The van der Waals surface area contributed by atoms with Gasteiger partial charge in [-0.2, -0.15) is 13.2 Å². The third kappa shape index (κ3) is 3.35. The van der Waals surface area contributed by atoms with Crippen molar-refractivity contribution in [3.63, 3.8) is 0 Å². The minimum atomic E-state index is -4.55. The molecule has 136 valence electrons. The van der Waals surface area contributed by atoms with Crippen molar-refractivity contribution in [3.8, 4) is 5.75 Å². The average Bonchev–Trinajstić information content (AvgIpc) is 2.65. The number of halogens is 3. The monoisotopic (exact) mass is 364 g/mol. The molecule has 0 saturated heterocycles. The summed E-state index contributed by atoms with van der Waals surface area (Å²) in [6.07, 6.45) is -5.51. The number of hydrogen-bond donors (Lipinski definition) is 1. The second-order valence-electron chi connectivity index (χ2n) is 5.68. The van der Waals surface area contributed by atoms with Crippen molar-refractivity contribution in [1.29, 1.82) is 0 Å². The van der Waals surface area contributed by atoms with Crippen molar-refractivity contribution in [2.45, 2.75) is 12.3 Å². The molecule has 1 N–H and O–H groups in total. The summed E-state index contributed by atoms with van der Waals surface area (Å²) in [5.41, 5.74) is -0.630. The Bertz CT molecular complexity index is 852. The number of carbonyl (C=O) groups excluding carboxylic acids is 2. The first-order valence-electron chi connectivity index (χ1n) is 7.77. The van der Waals surface area contributed by atoms with E-state index in [1.807, 2.05) is 0 Å². The summed E-state index contributed by atoms with van der Waals surface area (Å²) in [5, 5.41) is 2.44. The molecule has 1 aliphatic heterocycles. The van der Waals surface area contributed by atoms with Crippen LogP contribution in [0.1, 0.15) is 15.9 Å². The Kier molecular flexibility index (Phi) is 4.58. The topological polar surface area (TPSA) is 58.6 Å². The van der Waals surface area contributed by atoms with Crippen LogP contribution in [0.25, 0.3) is 0 Å². The van der Waals surface area contributed by atoms with Gasteiger partial charge >= 0.3 is 6.18 Å². The highest BCUT2D eigenvalue weighted by Gasteiger charge is 2.35. The van der Waals surface area contributed by atoms with E-state index in [2.05, 4.69) is 5.32 Å². The van der Waals surface area contributed by atoms with Crippen LogP contribution in [-0.4, -0.2) is 31.5 Å². The number of likely N-dealkylation sites (N-methyl/N-ethyl adjacent to an activating group) is 1. The lowest BCUT2D eigenvalue weighted by Crippen LogP contribution is -2.50.